The van der Waals surface area contributed by atoms with Crippen molar-refractivity contribution in [2.75, 3.05) is 6.61 Å². The molecule has 0 atom stereocenters. The molecule has 0 aromatic heterocycles. The normalized spacial score (nSPS) is 12.0. The highest BCUT2D eigenvalue weighted by Gasteiger charge is 2.33. The summed E-state index contributed by atoms with van der Waals surface area (Å²) in [5.74, 6) is -2.64. The molecular weight excluding hydrogens is 444 g/mol. The molecule has 5 nitrogen and oxygen atoms in total. The number of rotatable bonds is 8. The number of hydrogen-bond donors (Lipinski definition) is 0. The molecular formula is C24H24F4O5. The molecule has 0 heterocycles. The van der Waals surface area contributed by atoms with Gasteiger partial charge in [0.25, 0.3) is 0 Å². The van der Waals surface area contributed by atoms with Gasteiger partial charge in [-0.3, -0.25) is 4.79 Å². The molecule has 2 aromatic carbocycles. The molecule has 0 bridgehead atoms. The second-order valence-electron chi connectivity index (χ2n) is 7.70. The van der Waals surface area contributed by atoms with Crippen LogP contribution in [0.15, 0.2) is 36.4 Å². The van der Waals surface area contributed by atoms with Crippen LogP contribution >= 0.6 is 0 Å². The average molecular weight is 468 g/mol. The van der Waals surface area contributed by atoms with Crippen LogP contribution in [0.4, 0.5) is 17.6 Å². The number of halogens is 4. The Morgan fingerprint density at radius 1 is 1.00 bits per heavy atom. The van der Waals surface area contributed by atoms with Gasteiger partial charge in [0.2, 0.25) is 0 Å². The van der Waals surface area contributed by atoms with E-state index in [4.69, 9.17) is 9.47 Å². The minimum atomic E-state index is -4.96. The Balaban J connectivity index is 2.20. The topological polar surface area (TPSA) is 61.8 Å². The van der Waals surface area contributed by atoms with Crippen LogP contribution in [0.2, 0.25) is 0 Å². The second-order valence-corrected chi connectivity index (χ2v) is 7.70. The average Bonchev–Trinajstić information content (AvgIpc) is 2.68. The minimum absolute atomic E-state index is 0.222. The first kappa shape index (κ1) is 25.9. The fraction of sp³-hybridized carbons (Fsp3) is 0.333. The van der Waals surface area contributed by atoms with E-state index in [1.54, 1.807) is 46.8 Å². The first-order chi connectivity index (χ1) is 15.2. The van der Waals surface area contributed by atoms with Gasteiger partial charge in [0.15, 0.2) is 11.4 Å². The summed E-state index contributed by atoms with van der Waals surface area (Å²) in [7, 11) is 0. The number of hydrogen-bond acceptors (Lipinski definition) is 5. The van der Waals surface area contributed by atoms with Gasteiger partial charge < -0.3 is 14.2 Å². The molecule has 178 valence electrons. The standard InChI is InChI=1S/C24H24F4O5/c1-6-31-22(30)23(4,5)33-21-14(2)11-16(12-15(21)3)7-10-20(29)18-9-8-17(13-19(18)25)32-24(26,27)28/h7-13H,6H2,1-5H3. The summed E-state index contributed by atoms with van der Waals surface area (Å²) < 4.78 is 65.4. The van der Waals surface area contributed by atoms with Crippen LogP contribution in [0.3, 0.4) is 0 Å². The summed E-state index contributed by atoms with van der Waals surface area (Å²) in [6.07, 6.45) is -2.41. The van der Waals surface area contributed by atoms with Gasteiger partial charge in [-0.05, 0) is 81.7 Å². The third-order valence-corrected chi connectivity index (χ3v) is 4.47. The monoisotopic (exact) mass is 468 g/mol. The lowest BCUT2D eigenvalue weighted by molar-refractivity contribution is -0.274. The number of aryl methyl sites for hydroxylation is 2. The molecule has 0 saturated carbocycles. The summed E-state index contributed by atoms with van der Waals surface area (Å²) in [5.41, 5.74) is 0.388. The zero-order valence-corrected chi connectivity index (χ0v) is 18.8. The molecule has 0 aliphatic carbocycles. The van der Waals surface area contributed by atoms with Gasteiger partial charge in [-0.2, -0.15) is 0 Å². The number of allylic oxidation sites excluding steroid dienone is 1. The third-order valence-electron chi connectivity index (χ3n) is 4.47. The lowest BCUT2D eigenvalue weighted by Crippen LogP contribution is -2.40. The van der Waals surface area contributed by atoms with Crippen molar-refractivity contribution in [3.63, 3.8) is 0 Å². The smallest absolute Gasteiger partial charge is 0.476 e. The van der Waals surface area contributed by atoms with E-state index in [9.17, 15) is 27.2 Å². The molecule has 0 aliphatic heterocycles. The molecule has 2 rings (SSSR count). The van der Waals surface area contributed by atoms with Crippen LogP contribution < -0.4 is 9.47 Å². The SMILES string of the molecule is CCOC(=O)C(C)(C)Oc1c(C)cc(C=CC(=O)c2ccc(OC(F)(F)F)cc2F)cc1C. The largest absolute Gasteiger partial charge is 0.573 e. The maximum atomic E-state index is 14.1. The van der Waals surface area contributed by atoms with Crippen LogP contribution in [0.5, 0.6) is 11.5 Å². The molecule has 0 N–H and O–H groups in total. The van der Waals surface area contributed by atoms with Gasteiger partial charge in [0.1, 0.15) is 17.3 Å². The van der Waals surface area contributed by atoms with E-state index < -0.39 is 40.8 Å². The molecule has 0 unspecified atom stereocenters. The molecule has 33 heavy (non-hydrogen) atoms. The van der Waals surface area contributed by atoms with Crippen molar-refractivity contribution in [1.29, 1.82) is 0 Å². The first-order valence-corrected chi connectivity index (χ1v) is 9.98. The highest BCUT2D eigenvalue weighted by Crippen LogP contribution is 2.30. The van der Waals surface area contributed by atoms with Crippen molar-refractivity contribution < 1.29 is 41.4 Å². The number of ether oxygens (including phenoxy) is 3. The van der Waals surface area contributed by atoms with Crippen molar-refractivity contribution in [2.45, 2.75) is 46.6 Å². The van der Waals surface area contributed by atoms with Gasteiger partial charge in [-0.15, -0.1) is 13.2 Å². The molecule has 2 aromatic rings. The number of esters is 1. The van der Waals surface area contributed by atoms with Gasteiger partial charge in [0.05, 0.1) is 12.2 Å². The summed E-state index contributed by atoms with van der Waals surface area (Å²) in [4.78, 5) is 24.4. The fourth-order valence-electron chi connectivity index (χ4n) is 3.00. The van der Waals surface area contributed by atoms with Gasteiger partial charge in [0, 0.05) is 6.07 Å². The highest BCUT2D eigenvalue weighted by molar-refractivity contribution is 6.07. The minimum Gasteiger partial charge on any atom is -0.476 e. The Hall–Kier alpha value is -3.36. The molecule has 9 heteroatoms. The van der Waals surface area contributed by atoms with Crippen LogP contribution in [0, 0.1) is 19.7 Å². The van der Waals surface area contributed by atoms with Crippen LogP contribution in [0.1, 0.15) is 47.8 Å². The predicted octanol–water partition coefficient (Wildman–Crippen LogP) is 5.96. The number of carbonyl (C=O) groups is 2. The summed E-state index contributed by atoms with van der Waals surface area (Å²) in [6.45, 7) is 8.64. The lowest BCUT2D eigenvalue weighted by atomic mass is 10.0. The van der Waals surface area contributed by atoms with E-state index >= 15 is 0 Å². The second kappa shape index (κ2) is 10.1. The van der Waals surface area contributed by atoms with Crippen LogP contribution in [-0.4, -0.2) is 30.3 Å². The Morgan fingerprint density at radius 3 is 2.12 bits per heavy atom. The summed E-state index contributed by atoms with van der Waals surface area (Å²) >= 11 is 0. The quantitative estimate of drug-likeness (QED) is 0.207. The number of alkyl halides is 3. The summed E-state index contributed by atoms with van der Waals surface area (Å²) in [6, 6.07) is 5.71. The van der Waals surface area contributed by atoms with Gasteiger partial charge in [-0.25, -0.2) is 9.18 Å². The molecule has 0 aliphatic rings. The van der Waals surface area contributed by atoms with E-state index in [1.165, 1.54) is 6.08 Å². The molecule has 0 saturated heterocycles. The van der Waals surface area contributed by atoms with Crippen molar-refractivity contribution in [2.24, 2.45) is 0 Å². The van der Waals surface area contributed by atoms with Crippen LogP contribution in [-0.2, 0) is 9.53 Å². The van der Waals surface area contributed by atoms with E-state index in [-0.39, 0.29) is 6.61 Å². The zero-order valence-electron chi connectivity index (χ0n) is 18.8. The predicted molar refractivity (Wildman–Crippen MR) is 114 cm³/mol. The molecule has 0 amide bonds. The van der Waals surface area contributed by atoms with Crippen molar-refractivity contribution in [3.8, 4) is 11.5 Å². The lowest BCUT2D eigenvalue weighted by Gasteiger charge is -2.26. The molecule has 0 radical (unpaired) electrons. The van der Waals surface area contributed by atoms with E-state index in [0.29, 0.717) is 28.5 Å². The van der Waals surface area contributed by atoms with E-state index in [2.05, 4.69) is 4.74 Å². The van der Waals surface area contributed by atoms with Crippen molar-refractivity contribution >= 4 is 17.8 Å². The van der Waals surface area contributed by atoms with Crippen molar-refractivity contribution in [1.82, 2.24) is 0 Å². The van der Waals surface area contributed by atoms with Gasteiger partial charge in [-0.1, -0.05) is 6.08 Å². The van der Waals surface area contributed by atoms with E-state index in [1.807, 2.05) is 0 Å². The van der Waals surface area contributed by atoms with Crippen LogP contribution in [0.25, 0.3) is 6.08 Å². The molecule has 0 spiro atoms. The Bertz CT molecular complexity index is 1050. The Kier molecular flexibility index (Phi) is 7.89. The number of benzene rings is 2. The van der Waals surface area contributed by atoms with Crippen molar-refractivity contribution in [3.05, 3.63) is 64.5 Å². The Morgan fingerprint density at radius 2 is 1.61 bits per heavy atom. The third kappa shape index (κ3) is 7.06. The zero-order chi connectivity index (χ0) is 25.0. The maximum Gasteiger partial charge on any atom is 0.573 e. The maximum absolute atomic E-state index is 14.1. The number of ketones is 1. The highest BCUT2D eigenvalue weighted by atomic mass is 19.4. The fourth-order valence-corrected chi connectivity index (χ4v) is 3.00. The Labute approximate surface area is 189 Å². The van der Waals surface area contributed by atoms with E-state index in [0.717, 1.165) is 18.2 Å². The number of carbonyl (C=O) groups excluding carboxylic acids is 2. The summed E-state index contributed by atoms with van der Waals surface area (Å²) in [5, 5.41) is 0. The first-order valence-electron chi connectivity index (χ1n) is 9.98. The van der Waals surface area contributed by atoms with Gasteiger partial charge >= 0.3 is 12.3 Å². The molecule has 0 fully saturated rings.